The molecule has 0 radical (unpaired) electrons. The summed E-state index contributed by atoms with van der Waals surface area (Å²) >= 11 is 0. The van der Waals surface area contributed by atoms with Gasteiger partial charge in [0.25, 0.3) is 0 Å². The Balaban J connectivity index is 2.29. The molecule has 2 aromatic rings. The van der Waals surface area contributed by atoms with Gasteiger partial charge >= 0.3 is 0 Å². The molecular weight excluding hydrogens is 245 g/mol. The summed E-state index contributed by atoms with van der Waals surface area (Å²) < 4.78 is 13.2. The van der Waals surface area contributed by atoms with Crippen LogP contribution in [0.15, 0.2) is 24.4 Å². The van der Waals surface area contributed by atoms with Crippen molar-refractivity contribution in [1.29, 1.82) is 5.26 Å². The quantitative estimate of drug-likeness (QED) is 0.884. The molecule has 1 aromatic heterocycles. The van der Waals surface area contributed by atoms with Gasteiger partial charge in [-0.15, -0.1) is 0 Å². The molecule has 5 nitrogen and oxygen atoms in total. The lowest BCUT2D eigenvalue weighted by Gasteiger charge is -2.08. The van der Waals surface area contributed by atoms with Gasteiger partial charge in [0.2, 0.25) is 5.95 Å². The summed E-state index contributed by atoms with van der Waals surface area (Å²) in [6, 6.07) is 7.43. The number of hydrogen-bond acceptors (Lipinski definition) is 5. The first kappa shape index (κ1) is 12.8. The molecule has 0 unspecified atom stereocenters. The van der Waals surface area contributed by atoms with Crippen molar-refractivity contribution in [3.05, 3.63) is 41.3 Å². The van der Waals surface area contributed by atoms with E-state index in [2.05, 4.69) is 26.7 Å². The molecule has 1 aromatic carbocycles. The second-order valence-electron chi connectivity index (χ2n) is 3.91. The lowest BCUT2D eigenvalue weighted by atomic mass is 10.1. The zero-order chi connectivity index (χ0) is 13.8. The highest BCUT2D eigenvalue weighted by Crippen LogP contribution is 2.19. The Morgan fingerprint density at radius 2 is 2.16 bits per heavy atom. The summed E-state index contributed by atoms with van der Waals surface area (Å²) in [5.74, 6) is -0.140. The third kappa shape index (κ3) is 2.77. The summed E-state index contributed by atoms with van der Waals surface area (Å²) in [7, 11) is 1.58. The summed E-state index contributed by atoms with van der Waals surface area (Å²) in [4.78, 5) is 7.81. The van der Waals surface area contributed by atoms with Gasteiger partial charge in [0, 0.05) is 12.7 Å². The maximum Gasteiger partial charge on any atom is 0.229 e. The predicted octanol–water partition coefficient (Wildman–Crippen LogP) is 2.58. The third-order valence-electron chi connectivity index (χ3n) is 2.60. The SMILES string of the molecule is CNc1nc(Nc2ccc(C)c(C#N)c2)ncc1F. The zero-order valence-corrected chi connectivity index (χ0v) is 10.5. The van der Waals surface area contributed by atoms with Gasteiger partial charge in [0.1, 0.15) is 0 Å². The van der Waals surface area contributed by atoms with Crippen molar-refractivity contribution < 1.29 is 4.39 Å². The van der Waals surface area contributed by atoms with Crippen molar-refractivity contribution >= 4 is 17.5 Å². The molecule has 6 heteroatoms. The van der Waals surface area contributed by atoms with Crippen molar-refractivity contribution in [1.82, 2.24) is 9.97 Å². The van der Waals surface area contributed by atoms with E-state index in [0.29, 0.717) is 11.3 Å². The Morgan fingerprint density at radius 3 is 2.84 bits per heavy atom. The molecule has 0 atom stereocenters. The summed E-state index contributed by atoms with van der Waals surface area (Å²) in [6.07, 6.45) is 1.08. The third-order valence-corrected chi connectivity index (χ3v) is 2.60. The second kappa shape index (κ2) is 5.31. The Morgan fingerprint density at radius 1 is 1.37 bits per heavy atom. The Bertz CT molecular complexity index is 648. The molecule has 0 fully saturated rings. The first-order valence-electron chi connectivity index (χ1n) is 5.62. The number of rotatable bonds is 3. The van der Waals surface area contributed by atoms with E-state index in [1.165, 1.54) is 0 Å². The zero-order valence-electron chi connectivity index (χ0n) is 10.5. The van der Waals surface area contributed by atoms with E-state index < -0.39 is 5.82 Å². The monoisotopic (exact) mass is 257 g/mol. The maximum absolute atomic E-state index is 13.2. The number of nitrogens with one attached hydrogen (secondary N) is 2. The number of aromatic nitrogens is 2. The average Bonchev–Trinajstić information content (AvgIpc) is 2.43. The number of nitrogens with zero attached hydrogens (tertiary/aromatic N) is 3. The predicted molar refractivity (Wildman–Crippen MR) is 70.7 cm³/mol. The molecule has 2 N–H and O–H groups in total. The molecule has 0 aliphatic heterocycles. The van der Waals surface area contributed by atoms with Crippen molar-refractivity contribution in [3.8, 4) is 6.07 Å². The van der Waals surface area contributed by atoms with Gasteiger partial charge in [0.15, 0.2) is 11.6 Å². The van der Waals surface area contributed by atoms with Crippen molar-refractivity contribution in [2.24, 2.45) is 0 Å². The van der Waals surface area contributed by atoms with Crippen LogP contribution in [0.2, 0.25) is 0 Å². The minimum atomic E-state index is -0.519. The molecule has 0 aliphatic carbocycles. The van der Waals surface area contributed by atoms with E-state index in [9.17, 15) is 4.39 Å². The molecule has 0 bridgehead atoms. The Kier molecular flexibility index (Phi) is 3.57. The van der Waals surface area contributed by atoms with Crippen LogP contribution in [0.5, 0.6) is 0 Å². The first-order valence-corrected chi connectivity index (χ1v) is 5.62. The summed E-state index contributed by atoms with van der Waals surface area (Å²) in [6.45, 7) is 1.86. The van der Waals surface area contributed by atoms with Gasteiger partial charge in [-0.1, -0.05) is 6.07 Å². The van der Waals surface area contributed by atoms with Crippen LogP contribution in [0, 0.1) is 24.1 Å². The van der Waals surface area contributed by atoms with Crippen molar-refractivity contribution in [3.63, 3.8) is 0 Å². The maximum atomic E-state index is 13.2. The number of hydrogen-bond donors (Lipinski definition) is 2. The highest BCUT2D eigenvalue weighted by atomic mass is 19.1. The van der Waals surface area contributed by atoms with Crippen molar-refractivity contribution in [2.75, 3.05) is 17.7 Å². The fourth-order valence-corrected chi connectivity index (χ4v) is 1.55. The number of anilines is 3. The first-order chi connectivity index (χ1) is 9.13. The molecule has 19 heavy (non-hydrogen) atoms. The minimum Gasteiger partial charge on any atom is -0.371 e. The van der Waals surface area contributed by atoms with Gasteiger partial charge in [-0.05, 0) is 24.6 Å². The minimum absolute atomic E-state index is 0.116. The molecule has 0 saturated heterocycles. The molecule has 0 saturated carbocycles. The fraction of sp³-hybridized carbons (Fsp3) is 0.154. The smallest absolute Gasteiger partial charge is 0.229 e. The molecule has 1 heterocycles. The molecule has 0 spiro atoms. The van der Waals surface area contributed by atoms with E-state index in [-0.39, 0.29) is 11.8 Å². The average molecular weight is 257 g/mol. The van der Waals surface area contributed by atoms with E-state index in [1.807, 2.05) is 19.1 Å². The Labute approximate surface area is 110 Å². The van der Waals surface area contributed by atoms with Crippen molar-refractivity contribution in [2.45, 2.75) is 6.92 Å². The molecular formula is C13H12FN5. The van der Waals surface area contributed by atoms with Crippen LogP contribution >= 0.6 is 0 Å². The van der Waals surface area contributed by atoms with E-state index in [0.717, 1.165) is 11.8 Å². The van der Waals surface area contributed by atoms with Crippen LogP contribution in [0.1, 0.15) is 11.1 Å². The normalized spacial score (nSPS) is 9.79. The molecule has 2 rings (SSSR count). The summed E-state index contributed by atoms with van der Waals surface area (Å²) in [5.41, 5.74) is 2.14. The topological polar surface area (TPSA) is 73.6 Å². The van der Waals surface area contributed by atoms with Crippen LogP contribution in [0.3, 0.4) is 0 Å². The standard InChI is InChI=1S/C13H12FN5/c1-8-3-4-10(5-9(8)6-15)18-13-17-7-11(14)12(16-2)19-13/h3-5,7H,1-2H3,(H2,16,17,18,19). The van der Waals surface area contributed by atoms with E-state index in [4.69, 9.17) is 5.26 Å². The largest absolute Gasteiger partial charge is 0.371 e. The van der Waals surface area contributed by atoms with Crippen LogP contribution in [-0.4, -0.2) is 17.0 Å². The van der Waals surface area contributed by atoms with Gasteiger partial charge in [-0.3, -0.25) is 0 Å². The highest BCUT2D eigenvalue weighted by molar-refractivity contribution is 5.59. The molecule has 0 amide bonds. The van der Waals surface area contributed by atoms with Crippen LogP contribution in [0.4, 0.5) is 21.8 Å². The van der Waals surface area contributed by atoms with Crippen LogP contribution in [0.25, 0.3) is 0 Å². The van der Waals surface area contributed by atoms with Gasteiger partial charge in [0.05, 0.1) is 17.8 Å². The molecule has 96 valence electrons. The van der Waals surface area contributed by atoms with Crippen LogP contribution in [-0.2, 0) is 0 Å². The van der Waals surface area contributed by atoms with E-state index >= 15 is 0 Å². The van der Waals surface area contributed by atoms with Crippen LogP contribution < -0.4 is 10.6 Å². The number of nitriles is 1. The number of aryl methyl sites for hydroxylation is 1. The fourth-order valence-electron chi connectivity index (χ4n) is 1.55. The van der Waals surface area contributed by atoms with Gasteiger partial charge < -0.3 is 10.6 Å². The lowest BCUT2D eigenvalue weighted by Crippen LogP contribution is -2.03. The van der Waals surface area contributed by atoms with Gasteiger partial charge in [-0.25, -0.2) is 9.37 Å². The highest BCUT2D eigenvalue weighted by Gasteiger charge is 2.06. The lowest BCUT2D eigenvalue weighted by molar-refractivity contribution is 0.619. The number of halogens is 1. The second-order valence-corrected chi connectivity index (χ2v) is 3.91. The summed E-state index contributed by atoms with van der Waals surface area (Å²) in [5, 5.41) is 14.5. The van der Waals surface area contributed by atoms with E-state index in [1.54, 1.807) is 13.1 Å². The number of benzene rings is 1. The Hall–Kier alpha value is -2.68. The molecule has 0 aliphatic rings. The van der Waals surface area contributed by atoms with Gasteiger partial charge in [-0.2, -0.15) is 10.2 Å².